The molecule has 0 fully saturated rings. The lowest BCUT2D eigenvalue weighted by Gasteiger charge is -2.11. The molecule has 3 heterocycles. The van der Waals surface area contributed by atoms with Crippen molar-refractivity contribution < 1.29 is 4.39 Å². The van der Waals surface area contributed by atoms with Gasteiger partial charge < -0.3 is 5.32 Å². The van der Waals surface area contributed by atoms with Gasteiger partial charge in [-0.05, 0) is 56.3 Å². The van der Waals surface area contributed by atoms with Crippen molar-refractivity contribution in [3.63, 3.8) is 0 Å². The average Bonchev–Trinajstić information content (AvgIpc) is 2.89. The Balaban J connectivity index is 1.63. The molecule has 0 saturated carbocycles. The molecule has 0 amide bonds. The van der Waals surface area contributed by atoms with Crippen LogP contribution in [0.25, 0.3) is 0 Å². The van der Waals surface area contributed by atoms with E-state index in [1.807, 2.05) is 38.1 Å². The van der Waals surface area contributed by atoms with Gasteiger partial charge in [-0.3, -0.25) is 20.8 Å². The lowest BCUT2D eigenvalue weighted by atomic mass is 10.2. The van der Waals surface area contributed by atoms with Gasteiger partial charge >= 0.3 is 0 Å². The van der Waals surface area contributed by atoms with Gasteiger partial charge in [0.2, 0.25) is 5.95 Å². The molecule has 4 rings (SSSR count). The first-order valence-corrected chi connectivity index (χ1v) is 10.9. The fourth-order valence-corrected chi connectivity index (χ4v) is 3.10. The van der Waals surface area contributed by atoms with Gasteiger partial charge in [0.05, 0.1) is 17.1 Å². The van der Waals surface area contributed by atoms with E-state index in [1.54, 1.807) is 30.9 Å². The highest BCUT2D eigenvalue weighted by Gasteiger charge is 2.09. The van der Waals surface area contributed by atoms with Gasteiger partial charge in [-0.1, -0.05) is 11.6 Å². The lowest BCUT2D eigenvalue weighted by Crippen LogP contribution is -2.07. The van der Waals surface area contributed by atoms with Crippen LogP contribution < -0.4 is 16.2 Å². The second kappa shape index (κ2) is 11.1. The lowest BCUT2D eigenvalue weighted by molar-refractivity contribution is 0.631. The van der Waals surface area contributed by atoms with Crippen molar-refractivity contribution in [2.24, 2.45) is 10.2 Å². The summed E-state index contributed by atoms with van der Waals surface area (Å²) >= 11 is 6.01. The van der Waals surface area contributed by atoms with E-state index in [0.717, 1.165) is 22.6 Å². The number of aromatic nitrogens is 4. The van der Waals surface area contributed by atoms with Crippen LogP contribution in [0.3, 0.4) is 0 Å². The van der Waals surface area contributed by atoms with Crippen molar-refractivity contribution in [2.75, 3.05) is 16.2 Å². The topological polar surface area (TPSA) is 112 Å². The van der Waals surface area contributed by atoms with E-state index >= 15 is 0 Å². The molecule has 11 heteroatoms. The Morgan fingerprint density at radius 3 is 1.80 bits per heavy atom. The normalized spacial score (nSPS) is 11.8. The molecule has 1 aromatic carbocycles. The maximum Gasteiger partial charge on any atom is 0.231 e. The fourth-order valence-electron chi connectivity index (χ4n) is 2.93. The zero-order chi connectivity index (χ0) is 24.6. The van der Waals surface area contributed by atoms with Crippen molar-refractivity contribution in [1.29, 1.82) is 0 Å². The molecule has 0 atom stereocenters. The summed E-state index contributed by atoms with van der Waals surface area (Å²) in [5.74, 6) is 0.339. The van der Waals surface area contributed by atoms with Crippen LogP contribution in [0.15, 0.2) is 83.5 Å². The number of rotatable bonds is 8. The molecule has 9 nitrogen and oxygen atoms in total. The van der Waals surface area contributed by atoms with Crippen molar-refractivity contribution in [3.05, 3.63) is 95.3 Å². The third-order valence-electron chi connectivity index (χ3n) is 4.77. The van der Waals surface area contributed by atoms with Crippen molar-refractivity contribution in [1.82, 2.24) is 19.9 Å². The van der Waals surface area contributed by atoms with E-state index in [-0.39, 0.29) is 11.6 Å². The monoisotopic (exact) mass is 489 g/mol. The smallest absolute Gasteiger partial charge is 0.231 e. The first-order valence-electron chi connectivity index (χ1n) is 10.5. The Labute approximate surface area is 206 Å². The minimum absolute atomic E-state index is 0.118. The summed E-state index contributed by atoms with van der Waals surface area (Å²) < 4.78 is 14.3. The summed E-state index contributed by atoms with van der Waals surface area (Å²) in [6, 6.07) is 13.2. The van der Waals surface area contributed by atoms with E-state index in [4.69, 9.17) is 11.6 Å². The highest BCUT2D eigenvalue weighted by Crippen LogP contribution is 2.24. The second-order valence-electron chi connectivity index (χ2n) is 7.30. The first kappa shape index (κ1) is 23.7. The van der Waals surface area contributed by atoms with E-state index in [1.165, 1.54) is 18.2 Å². The van der Waals surface area contributed by atoms with Crippen LogP contribution >= 0.6 is 11.6 Å². The quantitative estimate of drug-likeness (QED) is 0.222. The number of benzene rings is 1. The molecule has 35 heavy (non-hydrogen) atoms. The Hall–Kier alpha value is -4.44. The summed E-state index contributed by atoms with van der Waals surface area (Å²) in [6.45, 7) is 3.71. The number of anilines is 4. The van der Waals surface area contributed by atoms with Crippen molar-refractivity contribution in [2.45, 2.75) is 13.8 Å². The summed E-state index contributed by atoms with van der Waals surface area (Å²) in [4.78, 5) is 16.8. The zero-order valence-electron chi connectivity index (χ0n) is 18.9. The third-order valence-corrected chi connectivity index (χ3v) is 5.01. The largest absolute Gasteiger partial charge is 0.321 e. The number of hydrogen-bond donors (Lipinski definition) is 3. The van der Waals surface area contributed by atoms with Crippen LogP contribution in [0.1, 0.15) is 25.0 Å². The number of halogens is 2. The highest BCUT2D eigenvalue weighted by molar-refractivity contribution is 6.30. The van der Waals surface area contributed by atoms with Crippen LogP contribution in [0.5, 0.6) is 0 Å². The minimum Gasteiger partial charge on any atom is -0.321 e. The van der Waals surface area contributed by atoms with Gasteiger partial charge in [0.1, 0.15) is 5.82 Å². The molecular formula is C24H21ClFN9. The summed E-state index contributed by atoms with van der Waals surface area (Å²) in [7, 11) is 0. The predicted octanol–water partition coefficient (Wildman–Crippen LogP) is 5.47. The van der Waals surface area contributed by atoms with Gasteiger partial charge in [0.25, 0.3) is 0 Å². The highest BCUT2D eigenvalue weighted by atomic mass is 35.5. The molecule has 3 aromatic heterocycles. The molecule has 0 unspecified atom stereocenters. The molecule has 3 N–H and O–H groups in total. The molecule has 176 valence electrons. The maximum atomic E-state index is 14.3. The van der Waals surface area contributed by atoms with E-state index in [0.29, 0.717) is 16.7 Å². The number of hydrazone groups is 2. The van der Waals surface area contributed by atoms with Crippen LogP contribution in [0.4, 0.5) is 27.7 Å². The Kier molecular flexibility index (Phi) is 7.53. The van der Waals surface area contributed by atoms with Crippen molar-refractivity contribution in [3.8, 4) is 0 Å². The molecule has 0 radical (unpaired) electrons. The van der Waals surface area contributed by atoms with E-state index in [9.17, 15) is 4.39 Å². The second-order valence-corrected chi connectivity index (χ2v) is 7.74. The molecule has 0 aliphatic rings. The molecule has 4 aromatic rings. The fraction of sp³-hybridized carbons (Fsp3) is 0.0833. The van der Waals surface area contributed by atoms with E-state index < -0.39 is 5.82 Å². The molecule has 0 bridgehead atoms. The Bertz CT molecular complexity index is 1290. The van der Waals surface area contributed by atoms with Crippen LogP contribution in [-0.2, 0) is 0 Å². The van der Waals surface area contributed by atoms with Gasteiger partial charge in [-0.15, -0.1) is 0 Å². The molecule has 0 saturated heterocycles. The Morgan fingerprint density at radius 2 is 1.29 bits per heavy atom. The maximum absolute atomic E-state index is 14.3. The summed E-state index contributed by atoms with van der Waals surface area (Å²) in [5.41, 5.74) is 9.21. The SMILES string of the molecule is CC(=NNc1cc(NN=C(C)c2ccncc2)nc(Nc2cc(Cl)ccc2F)n1)c1ccncc1. The van der Waals surface area contributed by atoms with Crippen LogP contribution in [0.2, 0.25) is 5.02 Å². The molecule has 0 spiro atoms. The van der Waals surface area contributed by atoms with Crippen LogP contribution in [0, 0.1) is 5.82 Å². The first-order chi connectivity index (χ1) is 17.0. The van der Waals surface area contributed by atoms with Gasteiger partial charge in [-0.25, -0.2) is 4.39 Å². The standard InChI is InChI=1S/C24H21ClFN9/c1-15(17-5-9-27-10-6-17)32-34-22-14-23(35-33-16(2)18-7-11-28-12-8-18)31-24(30-22)29-21-13-19(25)3-4-20(21)26/h3-14H,1-2H3,(H3,29,30,31,34,35). The molecule has 0 aliphatic heterocycles. The molecule has 0 aliphatic carbocycles. The predicted molar refractivity (Wildman–Crippen MR) is 137 cm³/mol. The summed E-state index contributed by atoms with van der Waals surface area (Å²) in [6.07, 6.45) is 6.75. The average molecular weight is 490 g/mol. The molecular weight excluding hydrogens is 469 g/mol. The zero-order valence-corrected chi connectivity index (χ0v) is 19.6. The van der Waals surface area contributed by atoms with E-state index in [2.05, 4.69) is 46.3 Å². The van der Waals surface area contributed by atoms with Crippen LogP contribution in [-0.4, -0.2) is 31.4 Å². The number of nitrogens with zero attached hydrogens (tertiary/aromatic N) is 6. The number of nitrogens with one attached hydrogen (secondary N) is 3. The van der Waals surface area contributed by atoms with Gasteiger partial charge in [-0.2, -0.15) is 20.2 Å². The van der Waals surface area contributed by atoms with Crippen molar-refractivity contribution >= 4 is 46.3 Å². The Morgan fingerprint density at radius 1 is 0.771 bits per heavy atom. The minimum atomic E-state index is -0.496. The van der Waals surface area contributed by atoms with Gasteiger partial charge in [0, 0.05) is 47.0 Å². The third kappa shape index (κ3) is 6.55. The van der Waals surface area contributed by atoms with Gasteiger partial charge in [0.15, 0.2) is 11.6 Å². The number of hydrogen-bond acceptors (Lipinski definition) is 9. The number of pyridine rings is 2. The summed E-state index contributed by atoms with van der Waals surface area (Å²) in [5, 5.41) is 12.0.